The molecule has 3 N–H and O–H groups in total. The van der Waals surface area contributed by atoms with Crippen molar-refractivity contribution in [3.63, 3.8) is 0 Å². The number of carbonyl (C=O) groups is 1. The van der Waals surface area contributed by atoms with E-state index in [4.69, 9.17) is 10.3 Å². The number of nitrogens with one attached hydrogen (secondary N) is 1. The lowest BCUT2D eigenvalue weighted by Crippen LogP contribution is -2.26. The van der Waals surface area contributed by atoms with E-state index in [1.54, 1.807) is 6.92 Å². The molecule has 0 unspecified atom stereocenters. The van der Waals surface area contributed by atoms with Crippen LogP contribution in [0.1, 0.15) is 28.0 Å². The number of carbonyl (C=O) groups excluding carboxylic acids is 1. The lowest BCUT2D eigenvalue weighted by atomic mass is 10.0. The molecule has 2 aromatic heterocycles. The van der Waals surface area contributed by atoms with Crippen LogP contribution < -0.4 is 11.1 Å². The molecule has 0 fully saturated rings. The van der Waals surface area contributed by atoms with Crippen LogP contribution in [0.2, 0.25) is 0 Å². The molecule has 1 amide bonds. The van der Waals surface area contributed by atoms with Crippen LogP contribution in [0.5, 0.6) is 0 Å². The molecule has 142 valence electrons. The Hall–Kier alpha value is -2.94. The number of alkyl halides is 3. The van der Waals surface area contributed by atoms with Crippen LogP contribution in [-0.2, 0) is 6.18 Å². The highest BCUT2D eigenvalue weighted by Gasteiger charge is 2.34. The van der Waals surface area contributed by atoms with E-state index in [9.17, 15) is 18.0 Å². The number of aryl methyl sites for hydroxylation is 1. The van der Waals surface area contributed by atoms with Crippen molar-refractivity contribution in [2.24, 2.45) is 5.73 Å². The Morgan fingerprint density at radius 1 is 1.30 bits per heavy atom. The number of aromatic nitrogens is 2. The molecular weight excluding hydrogens is 361 g/mol. The average Bonchev–Trinajstić information content (AvgIpc) is 3.01. The van der Waals surface area contributed by atoms with Gasteiger partial charge in [0, 0.05) is 12.1 Å². The van der Waals surface area contributed by atoms with Crippen LogP contribution in [0.4, 0.5) is 13.2 Å². The first-order valence-electron chi connectivity index (χ1n) is 8.25. The maximum Gasteiger partial charge on any atom is 0.417 e. The summed E-state index contributed by atoms with van der Waals surface area (Å²) in [6.45, 7) is 2.38. The highest BCUT2D eigenvalue weighted by Crippen LogP contribution is 2.37. The second kappa shape index (κ2) is 7.36. The Morgan fingerprint density at radius 2 is 2.04 bits per heavy atom. The van der Waals surface area contributed by atoms with Crippen molar-refractivity contribution in [1.29, 1.82) is 0 Å². The van der Waals surface area contributed by atoms with Crippen LogP contribution >= 0.6 is 0 Å². The molecule has 0 aliphatic heterocycles. The number of fused-ring (bicyclic) bond motifs is 1. The zero-order chi connectivity index (χ0) is 19.6. The third kappa shape index (κ3) is 3.77. The topological polar surface area (TPSA) is 94.0 Å². The van der Waals surface area contributed by atoms with Crippen molar-refractivity contribution in [3.05, 3.63) is 47.2 Å². The zero-order valence-corrected chi connectivity index (χ0v) is 14.4. The largest absolute Gasteiger partial charge is 0.417 e. The second-order valence-electron chi connectivity index (χ2n) is 5.94. The summed E-state index contributed by atoms with van der Waals surface area (Å²) in [6.07, 6.45) is -3.99. The van der Waals surface area contributed by atoms with Gasteiger partial charge < -0.3 is 15.6 Å². The molecule has 27 heavy (non-hydrogen) atoms. The number of nitrogens with two attached hydrogens (primary N) is 1. The second-order valence-corrected chi connectivity index (χ2v) is 5.94. The summed E-state index contributed by atoms with van der Waals surface area (Å²) >= 11 is 0. The molecule has 2 heterocycles. The third-order valence-corrected chi connectivity index (χ3v) is 4.04. The smallest absolute Gasteiger partial charge is 0.352 e. The van der Waals surface area contributed by atoms with E-state index < -0.39 is 17.6 Å². The normalized spacial score (nSPS) is 11.7. The van der Waals surface area contributed by atoms with Gasteiger partial charge >= 0.3 is 6.18 Å². The standard InChI is InChI=1S/C18H17F3N4O2/c1-10-15-12(16(26)23-8-4-7-22)9-14(24-17(15)27-25-10)11-5-2-3-6-13(11)18(19,20)21/h2-3,5-6,9H,4,7-8,22H2,1H3,(H,23,26). The van der Waals surface area contributed by atoms with Gasteiger partial charge in [0.1, 0.15) is 0 Å². The molecule has 3 rings (SSSR count). The molecule has 0 radical (unpaired) electrons. The van der Waals surface area contributed by atoms with Crippen LogP contribution in [0.25, 0.3) is 22.4 Å². The first-order chi connectivity index (χ1) is 12.8. The molecule has 0 aliphatic carbocycles. The lowest BCUT2D eigenvalue weighted by Gasteiger charge is -2.13. The summed E-state index contributed by atoms with van der Waals surface area (Å²) in [7, 11) is 0. The van der Waals surface area contributed by atoms with Crippen molar-refractivity contribution >= 4 is 17.0 Å². The molecule has 1 aromatic carbocycles. The van der Waals surface area contributed by atoms with Crippen molar-refractivity contribution in [1.82, 2.24) is 15.5 Å². The summed E-state index contributed by atoms with van der Waals surface area (Å²) in [4.78, 5) is 16.7. The van der Waals surface area contributed by atoms with Gasteiger partial charge in [0.05, 0.1) is 27.9 Å². The van der Waals surface area contributed by atoms with Gasteiger partial charge in [-0.1, -0.05) is 23.4 Å². The molecule has 0 aliphatic rings. The fourth-order valence-electron chi connectivity index (χ4n) is 2.76. The number of nitrogens with zero attached hydrogens (tertiary/aromatic N) is 2. The molecule has 6 nitrogen and oxygen atoms in total. The predicted octanol–water partition coefficient (Wildman–Crippen LogP) is 3.30. The molecule has 0 atom stereocenters. The minimum atomic E-state index is -4.56. The van der Waals surface area contributed by atoms with Crippen LogP contribution in [0, 0.1) is 6.92 Å². The molecule has 0 spiro atoms. The van der Waals surface area contributed by atoms with E-state index in [0.29, 0.717) is 30.6 Å². The maximum atomic E-state index is 13.4. The lowest BCUT2D eigenvalue weighted by molar-refractivity contribution is -0.137. The van der Waals surface area contributed by atoms with Crippen molar-refractivity contribution < 1.29 is 22.5 Å². The number of benzene rings is 1. The number of pyridine rings is 1. The molecular formula is C18H17F3N4O2. The van der Waals surface area contributed by atoms with E-state index >= 15 is 0 Å². The Labute approximate surface area is 152 Å². The Kier molecular flexibility index (Phi) is 5.13. The number of rotatable bonds is 5. The maximum absolute atomic E-state index is 13.4. The SMILES string of the molecule is Cc1noc2nc(-c3ccccc3C(F)(F)F)cc(C(=O)NCCCN)c12. The Balaban J connectivity index is 2.16. The summed E-state index contributed by atoms with van der Waals surface area (Å²) in [6, 6.07) is 6.37. The average molecular weight is 378 g/mol. The molecule has 0 saturated heterocycles. The van der Waals surface area contributed by atoms with Gasteiger partial charge in [0.2, 0.25) is 0 Å². The van der Waals surface area contributed by atoms with Crippen LogP contribution in [0.15, 0.2) is 34.9 Å². The molecule has 3 aromatic rings. The quantitative estimate of drug-likeness (QED) is 0.665. The van der Waals surface area contributed by atoms with Gasteiger partial charge in [-0.3, -0.25) is 4.79 Å². The van der Waals surface area contributed by atoms with Gasteiger partial charge in [0.25, 0.3) is 11.6 Å². The summed E-state index contributed by atoms with van der Waals surface area (Å²) in [5.74, 6) is -0.451. The highest BCUT2D eigenvalue weighted by molar-refractivity contribution is 6.07. The molecule has 9 heteroatoms. The fourth-order valence-corrected chi connectivity index (χ4v) is 2.76. The zero-order valence-electron chi connectivity index (χ0n) is 14.4. The van der Waals surface area contributed by atoms with Crippen LogP contribution in [0.3, 0.4) is 0 Å². The van der Waals surface area contributed by atoms with E-state index in [-0.39, 0.29) is 22.5 Å². The van der Waals surface area contributed by atoms with Gasteiger partial charge in [0.15, 0.2) is 0 Å². The van der Waals surface area contributed by atoms with Gasteiger partial charge in [-0.2, -0.15) is 13.2 Å². The van der Waals surface area contributed by atoms with E-state index in [1.807, 2.05) is 0 Å². The van der Waals surface area contributed by atoms with E-state index in [2.05, 4.69) is 15.5 Å². The Morgan fingerprint density at radius 3 is 2.74 bits per heavy atom. The number of amides is 1. The summed E-state index contributed by atoms with van der Waals surface area (Å²) in [5.41, 5.74) is 5.00. The summed E-state index contributed by atoms with van der Waals surface area (Å²) in [5, 5.41) is 6.84. The Bertz CT molecular complexity index is 982. The van der Waals surface area contributed by atoms with Crippen LogP contribution in [-0.4, -0.2) is 29.1 Å². The highest BCUT2D eigenvalue weighted by atomic mass is 19.4. The van der Waals surface area contributed by atoms with Gasteiger partial charge in [-0.05, 0) is 32.0 Å². The van der Waals surface area contributed by atoms with Crippen molar-refractivity contribution in [3.8, 4) is 11.3 Å². The summed E-state index contributed by atoms with van der Waals surface area (Å²) < 4.78 is 45.2. The fraction of sp³-hybridized carbons (Fsp3) is 0.278. The van der Waals surface area contributed by atoms with E-state index in [0.717, 1.165) is 6.07 Å². The number of halogens is 3. The van der Waals surface area contributed by atoms with Crippen molar-refractivity contribution in [2.45, 2.75) is 19.5 Å². The predicted molar refractivity (Wildman–Crippen MR) is 93.0 cm³/mol. The molecule has 0 bridgehead atoms. The molecule has 0 saturated carbocycles. The third-order valence-electron chi connectivity index (χ3n) is 4.04. The van der Waals surface area contributed by atoms with Crippen molar-refractivity contribution in [2.75, 3.05) is 13.1 Å². The monoisotopic (exact) mass is 378 g/mol. The van der Waals surface area contributed by atoms with Gasteiger partial charge in [-0.25, -0.2) is 4.98 Å². The first-order valence-corrected chi connectivity index (χ1v) is 8.25. The minimum absolute atomic E-state index is 0.00551. The van der Waals surface area contributed by atoms with E-state index in [1.165, 1.54) is 24.3 Å². The van der Waals surface area contributed by atoms with Gasteiger partial charge in [-0.15, -0.1) is 0 Å². The minimum Gasteiger partial charge on any atom is -0.352 e. The first kappa shape index (κ1) is 18.8. The number of hydrogen-bond acceptors (Lipinski definition) is 5. The number of hydrogen-bond donors (Lipinski definition) is 2.